The Morgan fingerprint density at radius 2 is 1.85 bits per heavy atom. The van der Waals surface area contributed by atoms with Crippen LogP contribution in [-0.4, -0.2) is 47.3 Å². The number of hydrogen-bond acceptors (Lipinski definition) is 5. The van der Waals surface area contributed by atoms with Gasteiger partial charge < -0.3 is 14.4 Å². The fourth-order valence-corrected chi connectivity index (χ4v) is 3.00. The van der Waals surface area contributed by atoms with E-state index in [9.17, 15) is 9.59 Å². The highest BCUT2D eigenvalue weighted by Crippen LogP contribution is 2.31. The van der Waals surface area contributed by atoms with Gasteiger partial charge in [0.1, 0.15) is 6.61 Å². The third-order valence-electron chi connectivity index (χ3n) is 4.29. The molecule has 0 spiro atoms. The lowest BCUT2D eigenvalue weighted by atomic mass is 10.1. The molecule has 132 valence electrons. The zero-order valence-corrected chi connectivity index (χ0v) is 14.1. The first-order chi connectivity index (χ1) is 12.6. The molecule has 2 aromatic carbocycles. The maximum absolute atomic E-state index is 12.8. The maximum Gasteiger partial charge on any atom is 0.274 e. The smallest absolute Gasteiger partial charge is 0.274 e. The number of likely N-dealkylation sites (N-methyl/N-ethyl adjacent to an activating group) is 1. The summed E-state index contributed by atoms with van der Waals surface area (Å²) in [4.78, 5) is 26.2. The fraction of sp³-hybridized carbons (Fsp3) is 0.211. The molecule has 3 aromatic rings. The minimum Gasteiger partial charge on any atom is -0.486 e. The van der Waals surface area contributed by atoms with E-state index >= 15 is 0 Å². The lowest BCUT2D eigenvalue weighted by Crippen LogP contribution is -2.42. The molecule has 1 unspecified atom stereocenters. The van der Waals surface area contributed by atoms with Crippen LogP contribution in [0.4, 0.5) is 0 Å². The molecule has 0 bridgehead atoms. The van der Waals surface area contributed by atoms with Crippen molar-refractivity contribution < 1.29 is 14.3 Å². The largest absolute Gasteiger partial charge is 0.486 e. The summed E-state index contributed by atoms with van der Waals surface area (Å²) in [5.74, 6) is 1.07. The van der Waals surface area contributed by atoms with Gasteiger partial charge in [-0.1, -0.05) is 30.3 Å². The summed E-state index contributed by atoms with van der Waals surface area (Å²) >= 11 is 0. The zero-order chi connectivity index (χ0) is 18.1. The number of hydrogen-bond donors (Lipinski definition) is 1. The van der Waals surface area contributed by atoms with Crippen LogP contribution >= 0.6 is 0 Å². The average molecular weight is 351 g/mol. The van der Waals surface area contributed by atoms with E-state index in [1.807, 2.05) is 24.3 Å². The third kappa shape index (κ3) is 2.88. The normalized spacial score (nSPS) is 15.7. The number of rotatable bonds is 3. The number of carbonyl (C=O) groups excluding carboxylic acids is 1. The van der Waals surface area contributed by atoms with Crippen molar-refractivity contribution in [3.05, 3.63) is 64.6 Å². The van der Waals surface area contributed by atoms with Gasteiger partial charge in [0, 0.05) is 12.4 Å². The Kier molecular flexibility index (Phi) is 4.04. The second kappa shape index (κ2) is 6.51. The van der Waals surface area contributed by atoms with Gasteiger partial charge in [0.25, 0.3) is 11.5 Å². The topological polar surface area (TPSA) is 84.5 Å². The first-order valence-electron chi connectivity index (χ1n) is 8.25. The quantitative estimate of drug-likeness (QED) is 0.778. The van der Waals surface area contributed by atoms with E-state index in [1.165, 1.54) is 4.90 Å². The molecule has 1 aliphatic rings. The van der Waals surface area contributed by atoms with Crippen molar-refractivity contribution in [3.63, 3.8) is 0 Å². The molecule has 1 N–H and O–H groups in total. The second-order valence-electron chi connectivity index (χ2n) is 6.13. The van der Waals surface area contributed by atoms with Crippen LogP contribution in [-0.2, 0) is 0 Å². The second-order valence-corrected chi connectivity index (χ2v) is 6.13. The number of amides is 1. The minimum absolute atomic E-state index is 0.208. The Morgan fingerprint density at radius 1 is 1.15 bits per heavy atom. The van der Waals surface area contributed by atoms with E-state index < -0.39 is 0 Å². The Morgan fingerprint density at radius 3 is 2.65 bits per heavy atom. The summed E-state index contributed by atoms with van der Waals surface area (Å²) < 4.78 is 11.6. The summed E-state index contributed by atoms with van der Waals surface area (Å²) in [6.07, 6.45) is -0.284. The van der Waals surface area contributed by atoms with E-state index in [2.05, 4.69) is 10.2 Å². The summed E-state index contributed by atoms with van der Waals surface area (Å²) in [6, 6.07) is 14.3. The Labute approximate surface area is 149 Å². The van der Waals surface area contributed by atoms with Gasteiger partial charge in [-0.05, 0) is 18.2 Å². The van der Waals surface area contributed by atoms with Gasteiger partial charge in [-0.3, -0.25) is 9.59 Å². The number of para-hydroxylation sites is 2. The molecule has 7 nitrogen and oxygen atoms in total. The molecule has 1 aromatic heterocycles. The van der Waals surface area contributed by atoms with Gasteiger partial charge in [0.2, 0.25) is 0 Å². The van der Waals surface area contributed by atoms with Crippen LogP contribution < -0.4 is 15.0 Å². The molecule has 0 radical (unpaired) electrons. The minimum atomic E-state index is -0.319. The van der Waals surface area contributed by atoms with Crippen molar-refractivity contribution in [3.8, 4) is 11.5 Å². The van der Waals surface area contributed by atoms with Gasteiger partial charge in [-0.15, -0.1) is 0 Å². The molecule has 0 fully saturated rings. The predicted molar refractivity (Wildman–Crippen MR) is 95.7 cm³/mol. The van der Waals surface area contributed by atoms with Gasteiger partial charge in [-0.25, -0.2) is 5.10 Å². The molecule has 1 atom stereocenters. The number of H-pyrrole nitrogens is 1. The number of carbonyl (C=O) groups is 1. The van der Waals surface area contributed by atoms with Crippen LogP contribution in [0.25, 0.3) is 10.8 Å². The summed E-state index contributed by atoms with van der Waals surface area (Å²) in [6.45, 7) is 0.691. The Bertz CT molecular complexity index is 1030. The lowest BCUT2D eigenvalue weighted by Gasteiger charge is -2.29. The number of nitrogens with zero attached hydrogens (tertiary/aromatic N) is 2. The highest BCUT2D eigenvalue weighted by molar-refractivity contribution is 6.04. The van der Waals surface area contributed by atoms with Gasteiger partial charge in [0.15, 0.2) is 23.3 Å². The van der Waals surface area contributed by atoms with E-state index in [0.717, 1.165) is 0 Å². The van der Waals surface area contributed by atoms with Crippen LogP contribution in [0.1, 0.15) is 10.5 Å². The lowest BCUT2D eigenvalue weighted by molar-refractivity contribution is 0.0518. The molecule has 4 rings (SSSR count). The SMILES string of the molecule is CN(CC1COc2ccccc2O1)C(=O)c1n[nH]c(=O)c2ccccc12. The molecule has 2 heterocycles. The molecule has 7 heteroatoms. The number of aromatic amines is 1. The van der Waals surface area contributed by atoms with Crippen molar-refractivity contribution in [1.82, 2.24) is 15.1 Å². The van der Waals surface area contributed by atoms with Crippen LogP contribution in [0.15, 0.2) is 53.3 Å². The predicted octanol–water partition coefficient (Wildman–Crippen LogP) is 1.84. The standard InChI is InChI=1S/C19H17N3O4/c1-22(10-12-11-25-15-8-4-5-9-16(15)26-12)19(24)17-13-6-2-3-7-14(13)18(23)21-20-17/h2-9,12H,10-11H2,1H3,(H,21,23). The number of fused-ring (bicyclic) bond motifs is 2. The molecular formula is C19H17N3O4. The van der Waals surface area contributed by atoms with Crippen LogP contribution in [0.5, 0.6) is 11.5 Å². The van der Waals surface area contributed by atoms with Crippen molar-refractivity contribution >= 4 is 16.7 Å². The zero-order valence-electron chi connectivity index (χ0n) is 14.1. The van der Waals surface area contributed by atoms with E-state index in [4.69, 9.17) is 9.47 Å². The molecule has 1 aliphatic heterocycles. The molecule has 1 amide bonds. The summed E-state index contributed by atoms with van der Waals surface area (Å²) in [5.41, 5.74) is -0.111. The van der Waals surface area contributed by atoms with Gasteiger partial charge in [0.05, 0.1) is 11.9 Å². The summed E-state index contributed by atoms with van der Waals surface area (Å²) in [7, 11) is 1.67. The van der Waals surface area contributed by atoms with Crippen molar-refractivity contribution in [1.29, 1.82) is 0 Å². The van der Waals surface area contributed by atoms with E-state index in [-0.39, 0.29) is 23.3 Å². The van der Waals surface area contributed by atoms with Gasteiger partial charge >= 0.3 is 0 Å². The van der Waals surface area contributed by atoms with Crippen LogP contribution in [0.2, 0.25) is 0 Å². The first-order valence-corrected chi connectivity index (χ1v) is 8.25. The van der Waals surface area contributed by atoms with Crippen LogP contribution in [0.3, 0.4) is 0 Å². The molecule has 0 saturated carbocycles. The molecule has 0 saturated heterocycles. The van der Waals surface area contributed by atoms with E-state index in [1.54, 1.807) is 31.3 Å². The maximum atomic E-state index is 12.8. The van der Waals surface area contributed by atoms with E-state index in [0.29, 0.717) is 35.4 Å². The van der Waals surface area contributed by atoms with Crippen molar-refractivity contribution in [2.24, 2.45) is 0 Å². The highest BCUT2D eigenvalue weighted by atomic mass is 16.6. The monoisotopic (exact) mass is 351 g/mol. The van der Waals surface area contributed by atoms with Crippen molar-refractivity contribution in [2.45, 2.75) is 6.10 Å². The van der Waals surface area contributed by atoms with Crippen LogP contribution in [0, 0.1) is 0 Å². The van der Waals surface area contributed by atoms with Crippen molar-refractivity contribution in [2.75, 3.05) is 20.2 Å². The number of benzene rings is 2. The average Bonchev–Trinajstić information content (AvgIpc) is 2.68. The number of aromatic nitrogens is 2. The number of nitrogens with one attached hydrogen (secondary N) is 1. The molecule has 26 heavy (non-hydrogen) atoms. The highest BCUT2D eigenvalue weighted by Gasteiger charge is 2.25. The Balaban J connectivity index is 1.54. The fourth-order valence-electron chi connectivity index (χ4n) is 3.00. The van der Waals surface area contributed by atoms with Gasteiger partial charge in [-0.2, -0.15) is 5.10 Å². The molecular weight excluding hydrogens is 334 g/mol. The third-order valence-corrected chi connectivity index (χ3v) is 4.29. The Hall–Kier alpha value is -3.35. The first kappa shape index (κ1) is 16.1. The molecule has 0 aliphatic carbocycles. The number of ether oxygens (including phenoxy) is 2. The summed E-state index contributed by atoms with van der Waals surface area (Å²) in [5, 5.41) is 7.30.